The zero-order valence-electron chi connectivity index (χ0n) is 9.88. The van der Waals surface area contributed by atoms with Crippen molar-refractivity contribution in [2.75, 3.05) is 13.6 Å². The van der Waals surface area contributed by atoms with E-state index in [2.05, 4.69) is 19.2 Å². The zero-order valence-corrected chi connectivity index (χ0v) is 9.88. The monoisotopic (exact) mass is 199 g/mol. The van der Waals surface area contributed by atoms with E-state index in [1.165, 1.54) is 32.1 Å². The molecule has 1 aliphatic carbocycles. The van der Waals surface area contributed by atoms with Gasteiger partial charge in [0.15, 0.2) is 0 Å². The Kier molecular flexibility index (Phi) is 5.49. The highest BCUT2D eigenvalue weighted by atomic mass is 16.5. The Balaban J connectivity index is 2.22. The maximum absolute atomic E-state index is 6.00. The van der Waals surface area contributed by atoms with Crippen LogP contribution in [0.5, 0.6) is 0 Å². The molecule has 0 aromatic heterocycles. The van der Waals surface area contributed by atoms with Crippen molar-refractivity contribution >= 4 is 0 Å². The summed E-state index contributed by atoms with van der Waals surface area (Å²) in [6.07, 6.45) is 7.53. The molecule has 1 saturated carbocycles. The van der Waals surface area contributed by atoms with Gasteiger partial charge in [-0.1, -0.05) is 26.2 Å². The Morgan fingerprint density at radius 3 is 2.86 bits per heavy atom. The first-order valence-corrected chi connectivity index (χ1v) is 6.06. The quantitative estimate of drug-likeness (QED) is 0.735. The van der Waals surface area contributed by atoms with Gasteiger partial charge in [0.1, 0.15) is 0 Å². The van der Waals surface area contributed by atoms with E-state index in [9.17, 15) is 0 Å². The standard InChI is InChI=1S/C12H25NO/c1-4-11-6-5-7-12(8-11)14-10(2)9-13-3/h10-13H,4-9H2,1-3H3. The van der Waals surface area contributed by atoms with Crippen LogP contribution in [0.1, 0.15) is 46.0 Å². The molecule has 0 aromatic carbocycles. The first-order chi connectivity index (χ1) is 6.76. The molecule has 0 saturated heterocycles. The first-order valence-electron chi connectivity index (χ1n) is 6.06. The molecule has 14 heavy (non-hydrogen) atoms. The molecule has 0 aromatic rings. The lowest BCUT2D eigenvalue weighted by Crippen LogP contribution is -2.31. The minimum atomic E-state index is 0.362. The van der Waals surface area contributed by atoms with E-state index >= 15 is 0 Å². The summed E-state index contributed by atoms with van der Waals surface area (Å²) in [7, 11) is 1.98. The maximum atomic E-state index is 6.00. The molecule has 2 nitrogen and oxygen atoms in total. The van der Waals surface area contributed by atoms with Crippen molar-refractivity contribution in [1.29, 1.82) is 0 Å². The second-order valence-corrected chi connectivity index (χ2v) is 4.57. The topological polar surface area (TPSA) is 21.3 Å². The number of hydrogen-bond donors (Lipinski definition) is 1. The second kappa shape index (κ2) is 6.41. The average molecular weight is 199 g/mol. The van der Waals surface area contributed by atoms with Crippen LogP contribution >= 0.6 is 0 Å². The minimum Gasteiger partial charge on any atom is -0.374 e. The van der Waals surface area contributed by atoms with Gasteiger partial charge in [0.25, 0.3) is 0 Å². The van der Waals surface area contributed by atoms with Crippen molar-refractivity contribution in [2.24, 2.45) is 5.92 Å². The van der Waals surface area contributed by atoms with Gasteiger partial charge in [0.2, 0.25) is 0 Å². The van der Waals surface area contributed by atoms with Gasteiger partial charge in [-0.3, -0.25) is 0 Å². The Hall–Kier alpha value is -0.0800. The van der Waals surface area contributed by atoms with Crippen LogP contribution in [0.2, 0.25) is 0 Å². The summed E-state index contributed by atoms with van der Waals surface area (Å²) in [5.74, 6) is 0.913. The van der Waals surface area contributed by atoms with Gasteiger partial charge < -0.3 is 10.1 Å². The molecule has 3 atom stereocenters. The van der Waals surface area contributed by atoms with Crippen molar-refractivity contribution in [3.63, 3.8) is 0 Å². The number of ether oxygens (including phenoxy) is 1. The summed E-state index contributed by atoms with van der Waals surface area (Å²) in [6.45, 7) is 5.42. The first kappa shape index (κ1) is 12.0. The lowest BCUT2D eigenvalue weighted by atomic mass is 9.85. The molecule has 1 aliphatic rings. The predicted octanol–water partition coefficient (Wildman–Crippen LogP) is 2.58. The third-order valence-corrected chi connectivity index (χ3v) is 3.23. The normalized spacial score (nSPS) is 30.2. The summed E-state index contributed by atoms with van der Waals surface area (Å²) < 4.78 is 6.00. The third kappa shape index (κ3) is 3.97. The highest BCUT2D eigenvalue weighted by Crippen LogP contribution is 2.28. The van der Waals surface area contributed by atoms with E-state index < -0.39 is 0 Å². The molecule has 1 N–H and O–H groups in total. The number of nitrogens with one attached hydrogen (secondary N) is 1. The van der Waals surface area contributed by atoms with Crippen LogP contribution in [0.3, 0.4) is 0 Å². The van der Waals surface area contributed by atoms with E-state index in [1.807, 2.05) is 7.05 Å². The van der Waals surface area contributed by atoms with Crippen LogP contribution in [-0.4, -0.2) is 25.8 Å². The maximum Gasteiger partial charge on any atom is 0.0675 e. The van der Waals surface area contributed by atoms with Gasteiger partial charge in [-0.2, -0.15) is 0 Å². The van der Waals surface area contributed by atoms with Crippen LogP contribution < -0.4 is 5.32 Å². The van der Waals surface area contributed by atoms with Crippen LogP contribution in [-0.2, 0) is 4.74 Å². The molecule has 84 valence electrons. The fraction of sp³-hybridized carbons (Fsp3) is 1.00. The fourth-order valence-electron chi connectivity index (χ4n) is 2.40. The number of hydrogen-bond acceptors (Lipinski definition) is 2. The Morgan fingerprint density at radius 2 is 2.21 bits per heavy atom. The van der Waals surface area contributed by atoms with Crippen LogP contribution in [0.25, 0.3) is 0 Å². The highest BCUT2D eigenvalue weighted by molar-refractivity contribution is 4.73. The van der Waals surface area contributed by atoms with E-state index in [4.69, 9.17) is 4.74 Å². The molecule has 1 fully saturated rings. The molecule has 3 unspecified atom stereocenters. The van der Waals surface area contributed by atoms with Crippen molar-refractivity contribution < 1.29 is 4.74 Å². The van der Waals surface area contributed by atoms with Crippen LogP contribution in [0.15, 0.2) is 0 Å². The molecule has 0 radical (unpaired) electrons. The van der Waals surface area contributed by atoms with E-state index in [-0.39, 0.29) is 0 Å². The largest absolute Gasteiger partial charge is 0.374 e. The molecule has 0 aliphatic heterocycles. The van der Waals surface area contributed by atoms with E-state index in [0.717, 1.165) is 12.5 Å². The summed E-state index contributed by atoms with van der Waals surface area (Å²) in [5, 5.41) is 3.16. The Bertz CT molecular complexity index is 149. The molecule has 0 amide bonds. The molecular formula is C12H25NO. The molecule has 0 heterocycles. The average Bonchev–Trinajstić information content (AvgIpc) is 2.18. The van der Waals surface area contributed by atoms with Gasteiger partial charge in [-0.25, -0.2) is 0 Å². The van der Waals surface area contributed by atoms with Gasteiger partial charge >= 0.3 is 0 Å². The van der Waals surface area contributed by atoms with Gasteiger partial charge in [0.05, 0.1) is 12.2 Å². The van der Waals surface area contributed by atoms with Crippen molar-refractivity contribution in [2.45, 2.75) is 58.2 Å². The van der Waals surface area contributed by atoms with Gasteiger partial charge in [0, 0.05) is 6.54 Å². The van der Waals surface area contributed by atoms with Gasteiger partial charge in [-0.15, -0.1) is 0 Å². The van der Waals surface area contributed by atoms with E-state index in [1.54, 1.807) is 0 Å². The second-order valence-electron chi connectivity index (χ2n) is 4.57. The molecule has 0 spiro atoms. The van der Waals surface area contributed by atoms with E-state index in [0.29, 0.717) is 12.2 Å². The van der Waals surface area contributed by atoms with Gasteiger partial charge in [-0.05, 0) is 32.7 Å². The van der Waals surface area contributed by atoms with Crippen LogP contribution in [0, 0.1) is 5.92 Å². The lowest BCUT2D eigenvalue weighted by Gasteiger charge is -2.30. The summed E-state index contributed by atoms with van der Waals surface area (Å²) in [6, 6.07) is 0. The third-order valence-electron chi connectivity index (χ3n) is 3.23. The molecular weight excluding hydrogens is 174 g/mol. The van der Waals surface area contributed by atoms with Crippen LogP contribution in [0.4, 0.5) is 0 Å². The summed E-state index contributed by atoms with van der Waals surface area (Å²) in [5.41, 5.74) is 0. The Morgan fingerprint density at radius 1 is 1.43 bits per heavy atom. The Labute approximate surface area is 88.4 Å². The number of rotatable bonds is 5. The van der Waals surface area contributed by atoms with Crippen molar-refractivity contribution in [1.82, 2.24) is 5.32 Å². The SMILES string of the molecule is CCC1CCCC(OC(C)CNC)C1. The lowest BCUT2D eigenvalue weighted by molar-refractivity contribution is -0.0307. The fourth-order valence-corrected chi connectivity index (χ4v) is 2.40. The van der Waals surface area contributed by atoms with Crippen molar-refractivity contribution in [3.8, 4) is 0 Å². The zero-order chi connectivity index (χ0) is 10.4. The smallest absolute Gasteiger partial charge is 0.0675 e. The predicted molar refractivity (Wildman–Crippen MR) is 60.5 cm³/mol. The summed E-state index contributed by atoms with van der Waals surface area (Å²) >= 11 is 0. The minimum absolute atomic E-state index is 0.362. The molecule has 1 rings (SSSR count). The molecule has 2 heteroatoms. The number of likely N-dealkylation sites (N-methyl/N-ethyl adjacent to an activating group) is 1. The highest BCUT2D eigenvalue weighted by Gasteiger charge is 2.22. The summed E-state index contributed by atoms with van der Waals surface area (Å²) in [4.78, 5) is 0. The molecule has 0 bridgehead atoms. The van der Waals surface area contributed by atoms with Crippen molar-refractivity contribution in [3.05, 3.63) is 0 Å².